The Kier molecular flexibility index (Phi) is 16.2. The summed E-state index contributed by atoms with van der Waals surface area (Å²) < 4.78 is 0. The molecule has 0 unspecified atom stereocenters. The van der Waals surface area contributed by atoms with E-state index in [1.165, 1.54) is 38.8 Å². The molecule has 0 amide bonds. The number of unbranched alkanes of at least 4 members (excludes halogenated alkanes) is 2. The first-order valence-corrected chi connectivity index (χ1v) is 4.12. The molecule has 0 saturated carbocycles. The molecule has 2 heteroatoms. The SMILES string of the molecule is CCCCNCCCC.[Zn]. The van der Waals surface area contributed by atoms with Crippen LogP contribution in [0.3, 0.4) is 0 Å². The number of hydrogen-bond donors (Lipinski definition) is 1. The third-order valence-corrected chi connectivity index (χ3v) is 1.41. The predicted molar refractivity (Wildman–Crippen MR) is 42.7 cm³/mol. The molecule has 0 aliphatic rings. The fourth-order valence-electron chi connectivity index (χ4n) is 0.729. The average molecular weight is 195 g/mol. The van der Waals surface area contributed by atoms with Crippen LogP contribution in [0.4, 0.5) is 0 Å². The van der Waals surface area contributed by atoms with E-state index < -0.39 is 0 Å². The van der Waals surface area contributed by atoms with Crippen LogP contribution in [0.15, 0.2) is 0 Å². The minimum Gasteiger partial charge on any atom is -0.317 e. The van der Waals surface area contributed by atoms with E-state index in [1.807, 2.05) is 0 Å². The first-order valence-electron chi connectivity index (χ1n) is 4.12. The first-order chi connectivity index (χ1) is 4.41. The summed E-state index contributed by atoms with van der Waals surface area (Å²) in [6, 6.07) is 0. The Balaban J connectivity index is 0. The maximum absolute atomic E-state index is 3.39. The van der Waals surface area contributed by atoms with E-state index in [0.29, 0.717) is 0 Å². The Morgan fingerprint density at radius 3 is 1.60 bits per heavy atom. The molecular formula is C8H19NZn. The van der Waals surface area contributed by atoms with Crippen LogP contribution < -0.4 is 5.32 Å². The van der Waals surface area contributed by atoms with E-state index in [4.69, 9.17) is 0 Å². The quantitative estimate of drug-likeness (QED) is 0.505. The summed E-state index contributed by atoms with van der Waals surface area (Å²) in [4.78, 5) is 0. The maximum Gasteiger partial charge on any atom is 0 e. The molecule has 0 aliphatic heterocycles. The molecule has 0 aromatic rings. The van der Waals surface area contributed by atoms with Gasteiger partial charge in [0.25, 0.3) is 0 Å². The van der Waals surface area contributed by atoms with Crippen LogP contribution in [-0.4, -0.2) is 13.1 Å². The van der Waals surface area contributed by atoms with Crippen molar-refractivity contribution in [1.82, 2.24) is 5.32 Å². The minimum absolute atomic E-state index is 0. The molecule has 0 rings (SSSR count). The van der Waals surface area contributed by atoms with Gasteiger partial charge in [-0.2, -0.15) is 0 Å². The van der Waals surface area contributed by atoms with Crippen LogP contribution in [0.2, 0.25) is 0 Å². The van der Waals surface area contributed by atoms with Gasteiger partial charge >= 0.3 is 0 Å². The van der Waals surface area contributed by atoms with Gasteiger partial charge in [0, 0.05) is 19.5 Å². The summed E-state index contributed by atoms with van der Waals surface area (Å²) in [5.74, 6) is 0. The zero-order chi connectivity index (χ0) is 6.95. The fourth-order valence-corrected chi connectivity index (χ4v) is 0.729. The molecule has 0 radical (unpaired) electrons. The van der Waals surface area contributed by atoms with Gasteiger partial charge in [0.2, 0.25) is 0 Å². The van der Waals surface area contributed by atoms with Gasteiger partial charge in [-0.25, -0.2) is 0 Å². The molecule has 58 valence electrons. The molecule has 0 aromatic heterocycles. The van der Waals surface area contributed by atoms with Crippen LogP contribution in [0.25, 0.3) is 0 Å². The largest absolute Gasteiger partial charge is 0.317 e. The Bertz CT molecular complexity index is 42.5. The molecule has 0 fully saturated rings. The molecule has 0 saturated heterocycles. The second kappa shape index (κ2) is 12.3. The normalized spacial score (nSPS) is 9.00. The minimum atomic E-state index is 0. The van der Waals surface area contributed by atoms with E-state index in [2.05, 4.69) is 19.2 Å². The monoisotopic (exact) mass is 193 g/mol. The van der Waals surface area contributed by atoms with Crippen molar-refractivity contribution in [2.75, 3.05) is 13.1 Å². The topological polar surface area (TPSA) is 12.0 Å². The molecule has 0 heterocycles. The van der Waals surface area contributed by atoms with Crippen molar-refractivity contribution >= 4 is 0 Å². The van der Waals surface area contributed by atoms with Crippen molar-refractivity contribution in [1.29, 1.82) is 0 Å². The smallest absolute Gasteiger partial charge is 0 e. The second-order valence-electron chi connectivity index (χ2n) is 2.46. The van der Waals surface area contributed by atoms with Gasteiger partial charge in [-0.1, -0.05) is 26.7 Å². The summed E-state index contributed by atoms with van der Waals surface area (Å²) in [7, 11) is 0. The zero-order valence-electron chi connectivity index (χ0n) is 7.45. The number of nitrogens with one attached hydrogen (secondary N) is 1. The molecule has 0 spiro atoms. The molecule has 1 nitrogen and oxygen atoms in total. The van der Waals surface area contributed by atoms with Crippen molar-refractivity contribution in [2.24, 2.45) is 0 Å². The Hall–Kier alpha value is 0.583. The fraction of sp³-hybridized carbons (Fsp3) is 1.00. The summed E-state index contributed by atoms with van der Waals surface area (Å²) >= 11 is 0. The third-order valence-electron chi connectivity index (χ3n) is 1.41. The van der Waals surface area contributed by atoms with Crippen molar-refractivity contribution in [2.45, 2.75) is 39.5 Å². The van der Waals surface area contributed by atoms with Crippen molar-refractivity contribution < 1.29 is 19.5 Å². The standard InChI is InChI=1S/C8H19N.Zn/c1-3-5-7-9-8-6-4-2;/h9H,3-8H2,1-2H3;. The average Bonchev–Trinajstić information content (AvgIpc) is 1.89. The second-order valence-corrected chi connectivity index (χ2v) is 2.46. The van der Waals surface area contributed by atoms with Gasteiger partial charge < -0.3 is 5.32 Å². The van der Waals surface area contributed by atoms with E-state index in [1.54, 1.807) is 0 Å². The van der Waals surface area contributed by atoms with Gasteiger partial charge in [-0.05, 0) is 25.9 Å². The maximum atomic E-state index is 3.39. The predicted octanol–water partition coefficient (Wildman–Crippen LogP) is 2.17. The number of rotatable bonds is 6. The molecular weight excluding hydrogens is 175 g/mol. The Morgan fingerprint density at radius 1 is 0.900 bits per heavy atom. The zero-order valence-corrected chi connectivity index (χ0v) is 10.4. The van der Waals surface area contributed by atoms with E-state index in [0.717, 1.165) is 0 Å². The van der Waals surface area contributed by atoms with E-state index >= 15 is 0 Å². The molecule has 0 bridgehead atoms. The van der Waals surface area contributed by atoms with Gasteiger partial charge in [0.1, 0.15) is 0 Å². The van der Waals surface area contributed by atoms with Crippen molar-refractivity contribution in [3.63, 3.8) is 0 Å². The summed E-state index contributed by atoms with van der Waals surface area (Å²) in [5, 5.41) is 3.39. The van der Waals surface area contributed by atoms with Crippen molar-refractivity contribution in [3.8, 4) is 0 Å². The summed E-state index contributed by atoms with van der Waals surface area (Å²) in [6.45, 7) is 6.86. The van der Waals surface area contributed by atoms with Gasteiger partial charge in [0.15, 0.2) is 0 Å². The van der Waals surface area contributed by atoms with E-state index in [9.17, 15) is 0 Å². The van der Waals surface area contributed by atoms with Gasteiger partial charge in [-0.3, -0.25) is 0 Å². The van der Waals surface area contributed by atoms with Crippen LogP contribution in [0, 0.1) is 0 Å². The van der Waals surface area contributed by atoms with Crippen molar-refractivity contribution in [3.05, 3.63) is 0 Å². The molecule has 0 aromatic carbocycles. The van der Waals surface area contributed by atoms with Crippen LogP contribution in [-0.2, 0) is 19.5 Å². The van der Waals surface area contributed by atoms with Crippen LogP contribution in [0.1, 0.15) is 39.5 Å². The van der Waals surface area contributed by atoms with Crippen LogP contribution in [0.5, 0.6) is 0 Å². The number of hydrogen-bond acceptors (Lipinski definition) is 1. The third kappa shape index (κ3) is 11.4. The summed E-state index contributed by atoms with van der Waals surface area (Å²) in [6.07, 6.45) is 5.26. The van der Waals surface area contributed by atoms with Gasteiger partial charge in [0.05, 0.1) is 0 Å². The Labute approximate surface area is 77.7 Å². The van der Waals surface area contributed by atoms with Gasteiger partial charge in [-0.15, -0.1) is 0 Å². The van der Waals surface area contributed by atoms with E-state index in [-0.39, 0.29) is 19.5 Å². The van der Waals surface area contributed by atoms with Crippen LogP contribution >= 0.6 is 0 Å². The molecule has 0 aliphatic carbocycles. The molecule has 10 heavy (non-hydrogen) atoms. The Morgan fingerprint density at radius 2 is 1.30 bits per heavy atom. The first kappa shape index (κ1) is 13.2. The summed E-state index contributed by atoms with van der Waals surface area (Å²) in [5.41, 5.74) is 0. The molecule has 0 atom stereocenters. The molecule has 1 N–H and O–H groups in total.